The number of ether oxygens (including phenoxy) is 2. The first kappa shape index (κ1) is 29.0. The normalized spacial score (nSPS) is 58.1. The highest BCUT2D eigenvalue weighted by molar-refractivity contribution is 5.73. The quantitative estimate of drug-likeness (QED) is 0.344. The number of rotatable bonds is 6. The van der Waals surface area contributed by atoms with Crippen LogP contribution < -0.4 is 0 Å². The van der Waals surface area contributed by atoms with Crippen LogP contribution in [0.2, 0.25) is 0 Å². The SMILES string of the molecule is CCC(C)C(=O)OC12CC3CC4C1CC1CC2C(C3)C4(O)C1.CCC(C)C(=O)OC12CC3CC4C1CC1CC2C(C3)C4(O)C1. The fourth-order valence-corrected chi connectivity index (χ4v) is 15.0. The maximum atomic E-state index is 12.6. The standard InChI is InChI=1S/2C19H28O3/c2*1-3-10(2)17(20)22-19-9-12-4-13-15(19)6-11-7-16(19)14(5-12)18(13,21)8-11/h2*10-16,21H,3-9H2,1-2H3. The molecule has 0 aliphatic heterocycles. The molecule has 0 aromatic heterocycles. The van der Waals surface area contributed by atoms with Gasteiger partial charge in [0.1, 0.15) is 11.2 Å². The Morgan fingerprint density at radius 1 is 0.545 bits per heavy atom. The minimum absolute atomic E-state index is 0.00588. The number of carbonyl (C=O) groups is 2. The second-order valence-electron chi connectivity index (χ2n) is 18.4. The van der Waals surface area contributed by atoms with Gasteiger partial charge in [0.25, 0.3) is 0 Å². The molecule has 2 N–H and O–H groups in total. The van der Waals surface area contributed by atoms with Gasteiger partial charge < -0.3 is 19.7 Å². The molecule has 10 atom stereocenters. The lowest BCUT2D eigenvalue weighted by molar-refractivity contribution is -0.344. The fourth-order valence-electron chi connectivity index (χ4n) is 15.0. The van der Waals surface area contributed by atoms with Crippen molar-refractivity contribution in [3.8, 4) is 0 Å². The number of hydrogen-bond donors (Lipinski definition) is 2. The topological polar surface area (TPSA) is 93.1 Å². The van der Waals surface area contributed by atoms with Crippen LogP contribution >= 0.6 is 0 Å². The molecule has 244 valence electrons. The van der Waals surface area contributed by atoms with Gasteiger partial charge in [-0.3, -0.25) is 9.59 Å². The molecule has 0 heterocycles. The molecule has 14 saturated carbocycles. The van der Waals surface area contributed by atoms with E-state index >= 15 is 0 Å². The van der Waals surface area contributed by atoms with Crippen LogP contribution in [0.25, 0.3) is 0 Å². The Morgan fingerprint density at radius 2 is 0.818 bits per heavy atom. The zero-order chi connectivity index (χ0) is 30.6. The van der Waals surface area contributed by atoms with Crippen LogP contribution in [-0.4, -0.2) is 44.6 Å². The van der Waals surface area contributed by atoms with Gasteiger partial charge in [-0.15, -0.1) is 0 Å². The first-order chi connectivity index (χ1) is 21.0. The summed E-state index contributed by atoms with van der Waals surface area (Å²) in [4.78, 5) is 25.2. The first-order valence-electron chi connectivity index (χ1n) is 18.9. The van der Waals surface area contributed by atoms with Crippen LogP contribution in [-0.2, 0) is 19.1 Å². The molecule has 0 saturated heterocycles. The van der Waals surface area contributed by atoms with Gasteiger partial charge >= 0.3 is 11.9 Å². The molecule has 14 fully saturated rings. The molecular weight excluding hydrogens is 552 g/mol. The first-order valence-corrected chi connectivity index (χ1v) is 18.9. The predicted octanol–water partition coefficient (Wildman–Crippen LogP) is 6.30. The third kappa shape index (κ3) is 3.47. The van der Waals surface area contributed by atoms with Crippen molar-refractivity contribution >= 4 is 11.9 Å². The van der Waals surface area contributed by atoms with Crippen LogP contribution in [0.1, 0.15) is 118 Å². The number of aliphatic hydroxyl groups is 2. The summed E-state index contributed by atoms with van der Waals surface area (Å²) < 4.78 is 12.7. The molecule has 0 radical (unpaired) electrons. The van der Waals surface area contributed by atoms with E-state index in [0.29, 0.717) is 71.0 Å². The fraction of sp³-hybridized carbons (Fsp3) is 0.947. The molecule has 6 heteroatoms. The Hall–Kier alpha value is -1.14. The van der Waals surface area contributed by atoms with Crippen molar-refractivity contribution in [2.24, 2.45) is 82.9 Å². The van der Waals surface area contributed by atoms with Gasteiger partial charge in [-0.05, 0) is 137 Å². The van der Waals surface area contributed by atoms with Crippen LogP contribution in [0.5, 0.6) is 0 Å². The highest BCUT2D eigenvalue weighted by atomic mass is 16.6. The summed E-state index contributed by atoms with van der Waals surface area (Å²) in [5.74, 6) is 6.15. The number of hydrogen-bond acceptors (Lipinski definition) is 6. The summed E-state index contributed by atoms with van der Waals surface area (Å²) >= 11 is 0. The van der Waals surface area contributed by atoms with E-state index in [0.717, 1.165) is 38.5 Å². The van der Waals surface area contributed by atoms with Crippen molar-refractivity contribution in [2.75, 3.05) is 0 Å². The van der Waals surface area contributed by atoms with Crippen LogP contribution in [0.3, 0.4) is 0 Å². The molecule has 0 aromatic rings. The zero-order valence-electron chi connectivity index (χ0n) is 27.5. The molecule has 14 aliphatic rings. The van der Waals surface area contributed by atoms with Gasteiger partial charge in [0.15, 0.2) is 0 Å². The van der Waals surface area contributed by atoms with E-state index in [1.54, 1.807) is 0 Å². The van der Waals surface area contributed by atoms with E-state index in [1.807, 2.05) is 13.8 Å². The van der Waals surface area contributed by atoms with Crippen molar-refractivity contribution in [1.82, 2.24) is 0 Å². The Balaban J connectivity index is 0.000000123. The minimum atomic E-state index is -0.417. The molecule has 0 amide bonds. The van der Waals surface area contributed by atoms with Gasteiger partial charge in [0, 0.05) is 23.7 Å². The summed E-state index contributed by atoms with van der Waals surface area (Å²) in [6.45, 7) is 8.10. The Labute approximate surface area is 263 Å². The van der Waals surface area contributed by atoms with Gasteiger partial charge in [-0.1, -0.05) is 27.7 Å². The smallest absolute Gasteiger partial charge is 0.309 e. The average molecular weight is 609 g/mol. The molecule has 0 spiro atoms. The highest BCUT2D eigenvalue weighted by Gasteiger charge is 2.78. The molecule has 10 unspecified atom stereocenters. The maximum absolute atomic E-state index is 12.6. The van der Waals surface area contributed by atoms with Crippen LogP contribution in [0, 0.1) is 82.9 Å². The van der Waals surface area contributed by atoms with Crippen molar-refractivity contribution in [1.29, 1.82) is 0 Å². The number of carbonyl (C=O) groups excluding carboxylic acids is 2. The Morgan fingerprint density at radius 3 is 1.11 bits per heavy atom. The van der Waals surface area contributed by atoms with Crippen molar-refractivity contribution in [2.45, 2.75) is 140 Å². The van der Waals surface area contributed by atoms with Gasteiger partial charge in [-0.2, -0.15) is 0 Å². The summed E-state index contributed by atoms with van der Waals surface area (Å²) in [5, 5.41) is 22.8. The van der Waals surface area contributed by atoms with E-state index in [2.05, 4.69) is 13.8 Å². The molecule has 14 aliphatic carbocycles. The van der Waals surface area contributed by atoms with Gasteiger partial charge in [-0.25, -0.2) is 0 Å². The third-order valence-electron chi connectivity index (χ3n) is 16.8. The number of esters is 2. The van der Waals surface area contributed by atoms with E-state index in [1.165, 1.54) is 51.4 Å². The second kappa shape index (κ2) is 9.26. The van der Waals surface area contributed by atoms with E-state index in [-0.39, 0.29) is 35.0 Å². The molecule has 44 heavy (non-hydrogen) atoms. The molecule has 14 rings (SSSR count). The van der Waals surface area contributed by atoms with Gasteiger partial charge in [0.2, 0.25) is 0 Å². The predicted molar refractivity (Wildman–Crippen MR) is 164 cm³/mol. The van der Waals surface area contributed by atoms with Gasteiger partial charge in [0.05, 0.1) is 23.0 Å². The monoisotopic (exact) mass is 608 g/mol. The largest absolute Gasteiger partial charge is 0.458 e. The summed E-state index contributed by atoms with van der Waals surface area (Å²) in [6, 6.07) is 0. The van der Waals surface area contributed by atoms with Crippen molar-refractivity contribution in [3.63, 3.8) is 0 Å². The lowest BCUT2D eigenvalue weighted by atomic mass is 9.32. The molecule has 0 aromatic carbocycles. The summed E-state index contributed by atoms with van der Waals surface area (Å²) in [7, 11) is 0. The lowest BCUT2D eigenvalue weighted by Crippen LogP contribution is -2.78. The Bertz CT molecular complexity index is 1100. The molecular formula is C38H56O6. The Kier molecular flexibility index (Phi) is 6.11. The van der Waals surface area contributed by atoms with E-state index in [4.69, 9.17) is 9.47 Å². The van der Waals surface area contributed by atoms with E-state index < -0.39 is 11.2 Å². The van der Waals surface area contributed by atoms with Crippen molar-refractivity contribution in [3.05, 3.63) is 0 Å². The highest BCUT2D eigenvalue weighted by Crippen LogP contribution is 2.76. The van der Waals surface area contributed by atoms with E-state index in [9.17, 15) is 19.8 Å². The zero-order valence-corrected chi connectivity index (χ0v) is 27.5. The minimum Gasteiger partial charge on any atom is -0.458 e. The van der Waals surface area contributed by atoms with Crippen LogP contribution in [0.15, 0.2) is 0 Å². The van der Waals surface area contributed by atoms with Crippen LogP contribution in [0.4, 0.5) is 0 Å². The maximum Gasteiger partial charge on any atom is 0.309 e. The average Bonchev–Trinajstić information content (AvgIpc) is 3.01. The second-order valence-corrected chi connectivity index (χ2v) is 18.4. The summed E-state index contributed by atoms with van der Waals surface area (Å²) in [5.41, 5.74) is -1.25. The third-order valence-corrected chi connectivity index (χ3v) is 16.8. The van der Waals surface area contributed by atoms with Crippen molar-refractivity contribution < 1.29 is 29.3 Å². The molecule has 16 bridgehead atoms. The summed E-state index contributed by atoms with van der Waals surface area (Å²) in [6.07, 6.45) is 15.4. The lowest BCUT2D eigenvalue weighted by Gasteiger charge is -2.75. The molecule has 6 nitrogen and oxygen atoms in total.